The highest BCUT2D eigenvalue weighted by molar-refractivity contribution is 7.10. The molecule has 0 amide bonds. The van der Waals surface area contributed by atoms with Crippen LogP contribution in [0, 0.1) is 0 Å². The number of nitrogens with one attached hydrogen (secondary N) is 1. The van der Waals surface area contributed by atoms with Crippen molar-refractivity contribution in [3.63, 3.8) is 0 Å². The summed E-state index contributed by atoms with van der Waals surface area (Å²) in [6, 6.07) is 4.24. The van der Waals surface area contributed by atoms with Crippen LogP contribution in [-0.4, -0.2) is 26.2 Å². The Kier molecular flexibility index (Phi) is 6.25. The largest absolute Gasteiger partial charge is 0.466 e. The third-order valence-electron chi connectivity index (χ3n) is 3.08. The summed E-state index contributed by atoms with van der Waals surface area (Å²) in [6.07, 6.45) is 2.61. The van der Waals surface area contributed by atoms with Crippen LogP contribution in [0.4, 0.5) is 0 Å². The molecule has 0 saturated carbocycles. The van der Waals surface area contributed by atoms with Crippen LogP contribution in [0.5, 0.6) is 0 Å². The average molecular weight is 281 g/mol. The molecule has 3 nitrogen and oxygen atoms in total. The van der Waals surface area contributed by atoms with Crippen molar-refractivity contribution in [3.8, 4) is 0 Å². The minimum atomic E-state index is -0.234. The molecule has 1 aromatic rings. The zero-order chi connectivity index (χ0) is 14.3. The van der Waals surface area contributed by atoms with Gasteiger partial charge in [0.1, 0.15) is 0 Å². The molecule has 0 unspecified atom stereocenters. The van der Waals surface area contributed by atoms with Gasteiger partial charge in [-0.3, -0.25) is 0 Å². The van der Waals surface area contributed by atoms with E-state index in [1.54, 1.807) is 11.3 Å². The maximum atomic E-state index is 11.4. The number of carbonyl (C=O) groups excluding carboxylic acids is 1. The molecule has 0 aliphatic heterocycles. The first kappa shape index (κ1) is 15.9. The minimum Gasteiger partial charge on any atom is -0.466 e. The van der Waals surface area contributed by atoms with E-state index in [-0.39, 0.29) is 11.4 Å². The summed E-state index contributed by atoms with van der Waals surface area (Å²) in [4.78, 5) is 12.8. The van der Waals surface area contributed by atoms with Crippen LogP contribution >= 0.6 is 11.3 Å². The maximum Gasteiger partial charge on any atom is 0.333 e. The molecule has 1 rings (SSSR count). The zero-order valence-electron chi connectivity index (χ0n) is 12.2. The smallest absolute Gasteiger partial charge is 0.333 e. The fourth-order valence-corrected chi connectivity index (χ4v) is 2.69. The van der Waals surface area contributed by atoms with E-state index in [1.807, 2.05) is 13.0 Å². The topological polar surface area (TPSA) is 38.3 Å². The summed E-state index contributed by atoms with van der Waals surface area (Å²) in [5, 5.41) is 5.48. The highest BCUT2D eigenvalue weighted by atomic mass is 32.1. The second kappa shape index (κ2) is 7.46. The van der Waals surface area contributed by atoms with Crippen molar-refractivity contribution < 1.29 is 9.53 Å². The third kappa shape index (κ3) is 4.80. The van der Waals surface area contributed by atoms with Crippen LogP contribution in [0.2, 0.25) is 0 Å². The predicted octanol–water partition coefficient (Wildman–Crippen LogP) is 3.12. The third-order valence-corrected chi connectivity index (χ3v) is 4.31. The number of carbonyl (C=O) groups is 1. The molecule has 0 fully saturated rings. The molecule has 106 valence electrons. The normalized spacial score (nSPS) is 12.5. The lowest BCUT2D eigenvalue weighted by molar-refractivity contribution is -0.136. The van der Waals surface area contributed by atoms with Gasteiger partial charge in [-0.15, -0.1) is 11.3 Å². The van der Waals surface area contributed by atoms with Gasteiger partial charge in [-0.1, -0.05) is 32.9 Å². The summed E-state index contributed by atoms with van der Waals surface area (Å²) in [6.45, 7) is 7.96. The standard InChI is InChI=1S/C15H23NO2S/c1-5-12(14(17)18-4)8-9-16-11-15(2,3)13-7-6-10-19-13/h6-8,10,16H,5,9,11H2,1-4H3/b12-8-. The Hall–Kier alpha value is -1.13. The van der Waals surface area contributed by atoms with Gasteiger partial charge >= 0.3 is 5.97 Å². The van der Waals surface area contributed by atoms with Crippen LogP contribution in [0.3, 0.4) is 0 Å². The van der Waals surface area contributed by atoms with Gasteiger partial charge in [-0.25, -0.2) is 4.79 Å². The predicted molar refractivity (Wildman–Crippen MR) is 80.6 cm³/mol. The molecule has 4 heteroatoms. The van der Waals surface area contributed by atoms with E-state index in [1.165, 1.54) is 12.0 Å². The first-order valence-electron chi connectivity index (χ1n) is 6.53. The Morgan fingerprint density at radius 1 is 1.53 bits per heavy atom. The number of hydrogen-bond donors (Lipinski definition) is 1. The van der Waals surface area contributed by atoms with Gasteiger partial charge in [-0.05, 0) is 17.9 Å². The molecule has 0 spiro atoms. The van der Waals surface area contributed by atoms with E-state index in [0.29, 0.717) is 13.0 Å². The van der Waals surface area contributed by atoms with Crippen molar-refractivity contribution in [2.45, 2.75) is 32.6 Å². The van der Waals surface area contributed by atoms with Gasteiger partial charge in [-0.2, -0.15) is 0 Å². The Bertz CT molecular complexity index is 421. The second-order valence-electron chi connectivity index (χ2n) is 5.07. The van der Waals surface area contributed by atoms with Crippen molar-refractivity contribution >= 4 is 17.3 Å². The SMILES string of the molecule is CC/C(=C/CNCC(C)(C)c1cccs1)C(=O)OC. The van der Waals surface area contributed by atoms with Crippen molar-refractivity contribution in [2.75, 3.05) is 20.2 Å². The van der Waals surface area contributed by atoms with E-state index in [0.717, 1.165) is 12.1 Å². The van der Waals surface area contributed by atoms with Gasteiger partial charge in [0.25, 0.3) is 0 Å². The number of thiophene rings is 1. The molecule has 0 bridgehead atoms. The Morgan fingerprint density at radius 2 is 2.26 bits per heavy atom. The molecule has 0 atom stereocenters. The highest BCUT2D eigenvalue weighted by Crippen LogP contribution is 2.26. The molecular formula is C15H23NO2S. The van der Waals surface area contributed by atoms with Gasteiger partial charge in [0.05, 0.1) is 7.11 Å². The number of hydrogen-bond acceptors (Lipinski definition) is 4. The summed E-state index contributed by atoms with van der Waals surface area (Å²) in [5.74, 6) is -0.234. The lowest BCUT2D eigenvalue weighted by atomic mass is 9.91. The minimum absolute atomic E-state index is 0.111. The number of esters is 1. The van der Waals surface area contributed by atoms with Crippen molar-refractivity contribution in [3.05, 3.63) is 34.0 Å². The summed E-state index contributed by atoms with van der Waals surface area (Å²) in [7, 11) is 1.42. The fourth-order valence-electron chi connectivity index (χ4n) is 1.83. The Balaban J connectivity index is 2.46. The summed E-state index contributed by atoms with van der Waals surface area (Å²) in [5.41, 5.74) is 0.837. The van der Waals surface area contributed by atoms with Crippen LogP contribution < -0.4 is 5.32 Å². The molecule has 0 aliphatic rings. The molecular weight excluding hydrogens is 258 g/mol. The van der Waals surface area contributed by atoms with Gasteiger partial charge < -0.3 is 10.1 Å². The number of rotatable bonds is 7. The quantitative estimate of drug-likeness (QED) is 0.474. The second-order valence-corrected chi connectivity index (χ2v) is 6.01. The lowest BCUT2D eigenvalue weighted by Gasteiger charge is -2.23. The zero-order valence-corrected chi connectivity index (χ0v) is 13.0. The van der Waals surface area contributed by atoms with E-state index >= 15 is 0 Å². The fraction of sp³-hybridized carbons (Fsp3) is 0.533. The summed E-state index contributed by atoms with van der Waals surface area (Å²) >= 11 is 1.78. The van der Waals surface area contributed by atoms with E-state index in [2.05, 4.69) is 36.7 Å². The first-order valence-corrected chi connectivity index (χ1v) is 7.41. The lowest BCUT2D eigenvalue weighted by Crippen LogP contribution is -2.32. The molecule has 0 aliphatic carbocycles. The molecule has 0 saturated heterocycles. The van der Waals surface area contributed by atoms with Crippen LogP contribution in [0.1, 0.15) is 32.1 Å². The summed E-state index contributed by atoms with van der Waals surface area (Å²) < 4.78 is 4.73. The molecule has 0 aromatic carbocycles. The van der Waals surface area contributed by atoms with Crippen molar-refractivity contribution in [1.29, 1.82) is 0 Å². The number of methoxy groups -OCH3 is 1. The molecule has 1 heterocycles. The first-order chi connectivity index (χ1) is 9.01. The van der Waals surface area contributed by atoms with E-state index in [4.69, 9.17) is 4.74 Å². The molecule has 1 aromatic heterocycles. The number of ether oxygens (including phenoxy) is 1. The van der Waals surface area contributed by atoms with Gasteiger partial charge in [0, 0.05) is 29.0 Å². The van der Waals surface area contributed by atoms with Crippen molar-refractivity contribution in [2.24, 2.45) is 0 Å². The van der Waals surface area contributed by atoms with E-state index < -0.39 is 0 Å². The van der Waals surface area contributed by atoms with Crippen LogP contribution in [0.15, 0.2) is 29.2 Å². The highest BCUT2D eigenvalue weighted by Gasteiger charge is 2.20. The van der Waals surface area contributed by atoms with Crippen LogP contribution in [-0.2, 0) is 14.9 Å². The molecule has 19 heavy (non-hydrogen) atoms. The van der Waals surface area contributed by atoms with E-state index in [9.17, 15) is 4.79 Å². The van der Waals surface area contributed by atoms with Gasteiger partial charge in [0.2, 0.25) is 0 Å². The monoisotopic (exact) mass is 281 g/mol. The average Bonchev–Trinajstić information content (AvgIpc) is 2.92. The molecule has 0 radical (unpaired) electrons. The van der Waals surface area contributed by atoms with Gasteiger partial charge in [0.15, 0.2) is 0 Å². The Labute approximate surface area is 119 Å². The molecule has 1 N–H and O–H groups in total. The Morgan fingerprint density at radius 3 is 2.79 bits per heavy atom. The van der Waals surface area contributed by atoms with Crippen LogP contribution in [0.25, 0.3) is 0 Å². The maximum absolute atomic E-state index is 11.4. The van der Waals surface area contributed by atoms with Crippen molar-refractivity contribution in [1.82, 2.24) is 5.32 Å².